The molecule has 6 rings (SSSR count). The third kappa shape index (κ3) is 7.20. The summed E-state index contributed by atoms with van der Waals surface area (Å²) in [5, 5.41) is 2.24. The van der Waals surface area contributed by atoms with Crippen LogP contribution >= 0.6 is 0 Å². The maximum absolute atomic E-state index is 13.3. The molecule has 2 fully saturated rings. The van der Waals surface area contributed by atoms with E-state index >= 15 is 0 Å². The van der Waals surface area contributed by atoms with Crippen LogP contribution in [-0.2, 0) is 25.5 Å². The number of imidazole rings is 1. The number of hydrogen-bond acceptors (Lipinski definition) is 7. The minimum Gasteiger partial charge on any atom is -0.444 e. The minimum atomic E-state index is -1.25. The van der Waals surface area contributed by atoms with Crippen molar-refractivity contribution in [3.05, 3.63) is 54.5 Å². The van der Waals surface area contributed by atoms with E-state index in [0.717, 1.165) is 63.2 Å². The monoisotopic (exact) mass is 670 g/mol. The van der Waals surface area contributed by atoms with Crippen molar-refractivity contribution in [2.75, 3.05) is 13.2 Å². The van der Waals surface area contributed by atoms with Gasteiger partial charge in [-0.25, -0.2) is 14.8 Å². The molecule has 11 heteroatoms. The Balaban J connectivity index is 1.31. The summed E-state index contributed by atoms with van der Waals surface area (Å²) in [5.74, 6) is 0.791. The van der Waals surface area contributed by atoms with E-state index in [1.54, 1.807) is 0 Å². The molecule has 2 saturated heterocycles. The van der Waals surface area contributed by atoms with Gasteiger partial charge in [-0.3, -0.25) is 9.47 Å². The third-order valence-corrected chi connectivity index (χ3v) is 11.4. The summed E-state index contributed by atoms with van der Waals surface area (Å²) in [6.07, 6.45) is 3.29. The van der Waals surface area contributed by atoms with E-state index in [1.807, 2.05) is 36.4 Å². The number of nitrogens with zero attached hydrogens (tertiary/aromatic N) is 4. The van der Waals surface area contributed by atoms with Crippen LogP contribution in [0.2, 0.25) is 25.7 Å². The minimum absolute atomic E-state index is 0.211. The zero-order chi connectivity index (χ0) is 34.6. The van der Waals surface area contributed by atoms with Gasteiger partial charge in [-0.2, -0.15) is 0 Å². The lowest BCUT2D eigenvalue weighted by atomic mass is 9.78. The first kappa shape index (κ1) is 34.6. The van der Waals surface area contributed by atoms with E-state index in [1.165, 1.54) is 0 Å². The van der Waals surface area contributed by atoms with Crippen molar-refractivity contribution in [1.82, 2.24) is 19.4 Å². The fourth-order valence-corrected chi connectivity index (χ4v) is 7.00. The van der Waals surface area contributed by atoms with Gasteiger partial charge in [0.05, 0.1) is 17.2 Å². The molecule has 4 heterocycles. The smallest absolute Gasteiger partial charge is 0.444 e. The first-order chi connectivity index (χ1) is 22.4. The molecule has 2 aliphatic heterocycles. The second-order valence-electron chi connectivity index (χ2n) is 16.6. The fraction of sp³-hybridized carbons (Fsp3) is 0.541. The van der Waals surface area contributed by atoms with Crippen LogP contribution in [-0.4, -0.2) is 70.7 Å². The van der Waals surface area contributed by atoms with Gasteiger partial charge < -0.3 is 18.8 Å². The molecule has 0 spiro atoms. The van der Waals surface area contributed by atoms with Crippen molar-refractivity contribution in [3.8, 4) is 11.1 Å². The SMILES string of the molecule is CC(C)(C)OC(=O)N1CCCC1c1nc2cc(-c3ccc4cc(B5OC(C)(C)C(C)(C)O5)ccc4c3)cnc2n1COCC[Si](C)(C)C. The zero-order valence-corrected chi connectivity index (χ0v) is 31.3. The molecule has 256 valence electrons. The quantitative estimate of drug-likeness (QED) is 0.139. The molecule has 2 aliphatic rings. The molecule has 9 nitrogen and oxygen atoms in total. The Morgan fingerprint density at radius 3 is 2.38 bits per heavy atom. The normalized spacial score (nSPS) is 19.5. The summed E-state index contributed by atoms with van der Waals surface area (Å²) in [6, 6.07) is 15.8. The number of ether oxygens (including phenoxy) is 2. The Kier molecular flexibility index (Phi) is 9.07. The molecule has 2 aromatic carbocycles. The molecule has 0 bridgehead atoms. The Morgan fingerprint density at radius 1 is 1.00 bits per heavy atom. The van der Waals surface area contributed by atoms with E-state index in [9.17, 15) is 4.79 Å². The molecule has 0 saturated carbocycles. The van der Waals surface area contributed by atoms with Crippen LogP contribution in [0.1, 0.15) is 73.2 Å². The zero-order valence-electron chi connectivity index (χ0n) is 30.3. The number of fused-ring (bicyclic) bond motifs is 2. The number of hydrogen-bond donors (Lipinski definition) is 0. The van der Waals surface area contributed by atoms with Gasteiger partial charge in [0, 0.05) is 33.0 Å². The number of pyridine rings is 1. The standard InChI is InChI=1S/C37H51BN4O5Si/c1-35(2,3)45-34(43)41-17-11-12-31(41)33-40-30-22-28(23-39-32(30)42(33)24-44-18-19-48(8,9)10)26-13-14-27-21-29(16-15-25(27)20-26)38-46-36(4,5)37(6,7)47-38/h13-16,20-23,31H,11-12,17-19,24H2,1-10H3. The van der Waals surface area contributed by atoms with Crippen LogP contribution in [0.5, 0.6) is 0 Å². The van der Waals surface area contributed by atoms with Crippen molar-refractivity contribution >= 4 is 48.7 Å². The fourth-order valence-electron chi connectivity index (χ4n) is 6.25. The van der Waals surface area contributed by atoms with Crippen LogP contribution in [0, 0.1) is 0 Å². The predicted octanol–water partition coefficient (Wildman–Crippen LogP) is 7.94. The lowest BCUT2D eigenvalue weighted by Crippen LogP contribution is -2.41. The molecule has 1 unspecified atom stereocenters. The van der Waals surface area contributed by atoms with E-state index < -0.39 is 20.8 Å². The lowest BCUT2D eigenvalue weighted by molar-refractivity contribution is 0.00578. The molecule has 4 aromatic rings. The van der Waals surface area contributed by atoms with Gasteiger partial charge in [0.1, 0.15) is 23.7 Å². The highest BCUT2D eigenvalue weighted by atomic mass is 28.3. The van der Waals surface area contributed by atoms with Crippen molar-refractivity contribution in [2.24, 2.45) is 0 Å². The average molecular weight is 671 g/mol. The average Bonchev–Trinajstić information content (AvgIpc) is 3.66. The number of benzene rings is 2. The van der Waals surface area contributed by atoms with E-state index in [-0.39, 0.29) is 23.3 Å². The topological polar surface area (TPSA) is 87.9 Å². The number of aromatic nitrogens is 3. The summed E-state index contributed by atoms with van der Waals surface area (Å²) in [6.45, 7) is 22.7. The highest BCUT2D eigenvalue weighted by molar-refractivity contribution is 6.76. The first-order valence-electron chi connectivity index (χ1n) is 17.2. The number of amides is 1. The van der Waals surface area contributed by atoms with E-state index in [2.05, 4.69) is 89.8 Å². The number of carbonyl (C=O) groups is 1. The second-order valence-corrected chi connectivity index (χ2v) is 22.2. The molecule has 1 amide bonds. The lowest BCUT2D eigenvalue weighted by Gasteiger charge is -2.32. The summed E-state index contributed by atoms with van der Waals surface area (Å²) < 4.78 is 26.7. The first-order valence-corrected chi connectivity index (χ1v) is 20.9. The molecular formula is C37H51BN4O5Si. The van der Waals surface area contributed by atoms with Crippen LogP contribution in [0.4, 0.5) is 4.79 Å². The highest BCUT2D eigenvalue weighted by Crippen LogP contribution is 2.38. The van der Waals surface area contributed by atoms with Crippen LogP contribution in [0.3, 0.4) is 0 Å². The van der Waals surface area contributed by atoms with Crippen molar-refractivity contribution in [1.29, 1.82) is 0 Å². The maximum Gasteiger partial charge on any atom is 0.494 e. The molecule has 1 atom stereocenters. The van der Waals surface area contributed by atoms with E-state index in [4.69, 9.17) is 28.8 Å². The van der Waals surface area contributed by atoms with Gasteiger partial charge in [-0.1, -0.05) is 50.0 Å². The Morgan fingerprint density at radius 2 is 1.69 bits per heavy atom. The van der Waals surface area contributed by atoms with Gasteiger partial charge in [-0.05, 0) is 101 Å². The number of rotatable bonds is 8. The van der Waals surface area contributed by atoms with Gasteiger partial charge in [0.25, 0.3) is 0 Å². The molecule has 0 radical (unpaired) electrons. The molecule has 2 aromatic heterocycles. The van der Waals surface area contributed by atoms with Crippen LogP contribution in [0.25, 0.3) is 33.1 Å². The van der Waals surface area contributed by atoms with Crippen LogP contribution < -0.4 is 5.46 Å². The molecular weight excluding hydrogens is 619 g/mol. The molecule has 0 aliphatic carbocycles. The van der Waals surface area contributed by atoms with Gasteiger partial charge >= 0.3 is 13.2 Å². The largest absolute Gasteiger partial charge is 0.494 e. The highest BCUT2D eigenvalue weighted by Gasteiger charge is 2.51. The Labute approximate surface area is 286 Å². The molecule has 0 N–H and O–H groups in total. The van der Waals surface area contributed by atoms with Crippen molar-refractivity contribution < 1.29 is 23.6 Å². The van der Waals surface area contributed by atoms with E-state index in [0.29, 0.717) is 19.9 Å². The van der Waals surface area contributed by atoms with Gasteiger partial charge in [0.15, 0.2) is 5.65 Å². The van der Waals surface area contributed by atoms with Crippen molar-refractivity contribution in [3.63, 3.8) is 0 Å². The number of carbonyl (C=O) groups excluding carboxylic acids is 1. The third-order valence-electron chi connectivity index (χ3n) is 9.73. The Hall–Kier alpha value is -3.25. The molecule has 48 heavy (non-hydrogen) atoms. The van der Waals surface area contributed by atoms with Crippen molar-refractivity contribution in [2.45, 2.75) is 117 Å². The summed E-state index contributed by atoms with van der Waals surface area (Å²) >= 11 is 0. The maximum atomic E-state index is 13.3. The number of likely N-dealkylation sites (tertiary alicyclic amines) is 1. The summed E-state index contributed by atoms with van der Waals surface area (Å²) in [7, 11) is -1.66. The van der Waals surface area contributed by atoms with Gasteiger partial charge in [0.2, 0.25) is 0 Å². The summed E-state index contributed by atoms with van der Waals surface area (Å²) in [5.41, 5.74) is 3.23. The second kappa shape index (κ2) is 12.6. The Bertz CT molecular complexity index is 1810. The summed E-state index contributed by atoms with van der Waals surface area (Å²) in [4.78, 5) is 25.1. The van der Waals surface area contributed by atoms with Crippen LogP contribution in [0.15, 0.2) is 48.7 Å². The van der Waals surface area contributed by atoms with Gasteiger partial charge in [-0.15, -0.1) is 0 Å². The predicted molar refractivity (Wildman–Crippen MR) is 195 cm³/mol.